The van der Waals surface area contributed by atoms with Crippen LogP contribution < -0.4 is 0 Å². The fraction of sp³-hybridized carbons (Fsp3) is 0. The molecular weight excluding hydrogens is 599 g/mol. The molecule has 0 saturated carbocycles. The Morgan fingerprint density at radius 2 is 0.980 bits per heavy atom. The van der Waals surface area contributed by atoms with Crippen molar-refractivity contribution in [3.63, 3.8) is 0 Å². The summed E-state index contributed by atoms with van der Waals surface area (Å²) in [5.74, 6) is 0.648. The SMILES string of the molecule is c1ccc(-c2ccc(-c3nc(-n4c5ccccc5c5c4c4cc6ccccc6n4c4cc6ccccc6n54)nc4ccccc34)cc2)cc1. The van der Waals surface area contributed by atoms with E-state index in [-0.39, 0.29) is 0 Å². The minimum atomic E-state index is 0.648. The van der Waals surface area contributed by atoms with Gasteiger partial charge in [-0.15, -0.1) is 0 Å². The monoisotopic (exact) mass is 625 g/mol. The second kappa shape index (κ2) is 9.89. The van der Waals surface area contributed by atoms with Crippen molar-refractivity contribution in [2.75, 3.05) is 0 Å². The van der Waals surface area contributed by atoms with Gasteiger partial charge in [-0.3, -0.25) is 13.4 Å². The van der Waals surface area contributed by atoms with Gasteiger partial charge in [0.15, 0.2) is 0 Å². The zero-order valence-corrected chi connectivity index (χ0v) is 26.3. The van der Waals surface area contributed by atoms with Gasteiger partial charge in [0.25, 0.3) is 0 Å². The summed E-state index contributed by atoms with van der Waals surface area (Å²) >= 11 is 0. The highest BCUT2D eigenvalue weighted by atomic mass is 15.2. The molecule has 5 heterocycles. The van der Waals surface area contributed by atoms with Crippen LogP contribution in [0.5, 0.6) is 0 Å². The average Bonchev–Trinajstić information content (AvgIpc) is 3.85. The Morgan fingerprint density at radius 3 is 1.78 bits per heavy atom. The summed E-state index contributed by atoms with van der Waals surface area (Å²) in [4.78, 5) is 10.7. The molecule has 5 heteroatoms. The Balaban J connectivity index is 1.29. The van der Waals surface area contributed by atoms with Crippen LogP contribution in [0.1, 0.15) is 0 Å². The van der Waals surface area contributed by atoms with Crippen molar-refractivity contribution in [1.82, 2.24) is 23.3 Å². The smallest absolute Gasteiger partial charge is 0.235 e. The summed E-state index contributed by atoms with van der Waals surface area (Å²) < 4.78 is 7.10. The standard InChI is InChI=1S/C44H27N5/c1-2-12-28(13-3-1)29-22-24-30(25-23-29)41-33-16-6-8-18-35(33)45-44(46-41)49-38-21-11-7-17-34(38)42-43(49)39-26-31-14-4-9-19-36(31)47(39)40-27-32-15-5-10-20-37(32)48(40)42/h1-27H. The summed E-state index contributed by atoms with van der Waals surface area (Å²) in [5, 5.41) is 4.57. The number of rotatable bonds is 3. The van der Waals surface area contributed by atoms with Gasteiger partial charge >= 0.3 is 0 Å². The number of benzene rings is 6. The lowest BCUT2D eigenvalue weighted by Gasteiger charge is -2.13. The molecule has 49 heavy (non-hydrogen) atoms. The molecule has 0 aliphatic carbocycles. The molecule has 5 nitrogen and oxygen atoms in total. The van der Waals surface area contributed by atoms with E-state index in [1.807, 2.05) is 0 Å². The number of hydrogen-bond acceptors (Lipinski definition) is 2. The van der Waals surface area contributed by atoms with Gasteiger partial charge < -0.3 is 0 Å². The van der Waals surface area contributed by atoms with Gasteiger partial charge in [-0.2, -0.15) is 0 Å². The molecule has 6 aromatic carbocycles. The first-order chi connectivity index (χ1) is 24.3. The van der Waals surface area contributed by atoms with E-state index in [9.17, 15) is 0 Å². The van der Waals surface area contributed by atoms with Crippen LogP contribution in [0.3, 0.4) is 0 Å². The molecule has 0 aliphatic heterocycles. The van der Waals surface area contributed by atoms with Crippen molar-refractivity contribution in [3.8, 4) is 28.3 Å². The lowest BCUT2D eigenvalue weighted by atomic mass is 10.0. The molecule has 11 rings (SSSR count). The maximum atomic E-state index is 5.44. The predicted octanol–water partition coefficient (Wildman–Crippen LogP) is 10.9. The van der Waals surface area contributed by atoms with Crippen LogP contribution >= 0.6 is 0 Å². The molecule has 5 aromatic heterocycles. The number of para-hydroxylation sites is 4. The fourth-order valence-electron chi connectivity index (χ4n) is 7.84. The van der Waals surface area contributed by atoms with E-state index in [0.717, 1.165) is 55.3 Å². The Kier molecular flexibility index (Phi) is 5.32. The molecule has 0 spiro atoms. The number of aromatic nitrogens is 5. The molecule has 0 fully saturated rings. The number of hydrogen-bond donors (Lipinski definition) is 0. The van der Waals surface area contributed by atoms with E-state index >= 15 is 0 Å². The molecule has 0 atom stereocenters. The van der Waals surface area contributed by atoms with E-state index in [4.69, 9.17) is 9.97 Å². The quantitative estimate of drug-likeness (QED) is 0.196. The van der Waals surface area contributed by atoms with Gasteiger partial charge in [0.05, 0.1) is 44.3 Å². The maximum Gasteiger partial charge on any atom is 0.235 e. The average molecular weight is 626 g/mol. The molecule has 228 valence electrons. The van der Waals surface area contributed by atoms with Crippen LogP contribution in [-0.4, -0.2) is 23.3 Å². The van der Waals surface area contributed by atoms with Gasteiger partial charge in [0, 0.05) is 27.1 Å². The third kappa shape index (κ3) is 3.70. The van der Waals surface area contributed by atoms with Gasteiger partial charge in [-0.25, -0.2) is 9.97 Å². The van der Waals surface area contributed by atoms with Gasteiger partial charge in [-0.05, 0) is 47.5 Å². The van der Waals surface area contributed by atoms with Crippen molar-refractivity contribution >= 4 is 65.8 Å². The molecule has 0 bridgehead atoms. The molecule has 0 amide bonds. The molecule has 0 N–H and O–H groups in total. The third-order valence-corrected chi connectivity index (χ3v) is 10.0. The van der Waals surface area contributed by atoms with E-state index < -0.39 is 0 Å². The second-order valence-electron chi connectivity index (χ2n) is 12.7. The van der Waals surface area contributed by atoms with Crippen LogP contribution in [0.4, 0.5) is 0 Å². The molecule has 0 saturated heterocycles. The lowest BCUT2D eigenvalue weighted by molar-refractivity contribution is 1.01. The zero-order valence-electron chi connectivity index (χ0n) is 26.3. The molecular formula is C44H27N5. The van der Waals surface area contributed by atoms with E-state index in [2.05, 4.69) is 177 Å². The summed E-state index contributed by atoms with van der Waals surface area (Å²) in [7, 11) is 0. The summed E-state index contributed by atoms with van der Waals surface area (Å²) in [6.45, 7) is 0. The molecule has 0 aliphatic rings. The zero-order chi connectivity index (χ0) is 32.1. The second-order valence-corrected chi connectivity index (χ2v) is 12.7. The van der Waals surface area contributed by atoms with Crippen molar-refractivity contribution in [2.45, 2.75) is 0 Å². The summed E-state index contributed by atoms with van der Waals surface area (Å²) in [6, 6.07) is 58.2. The topological polar surface area (TPSA) is 39.5 Å². The highest BCUT2D eigenvalue weighted by molar-refractivity contribution is 6.16. The maximum absolute atomic E-state index is 5.44. The van der Waals surface area contributed by atoms with Crippen molar-refractivity contribution in [3.05, 3.63) is 164 Å². The highest BCUT2D eigenvalue weighted by Crippen LogP contribution is 2.40. The largest absolute Gasteiger partial charge is 0.293 e. The minimum Gasteiger partial charge on any atom is -0.293 e. The Labute approximate surface area is 280 Å². The van der Waals surface area contributed by atoms with Crippen molar-refractivity contribution in [2.24, 2.45) is 0 Å². The van der Waals surface area contributed by atoms with E-state index in [0.29, 0.717) is 5.95 Å². The summed E-state index contributed by atoms with van der Waals surface area (Å²) in [5.41, 5.74) is 13.1. The van der Waals surface area contributed by atoms with Crippen LogP contribution in [0, 0.1) is 0 Å². The van der Waals surface area contributed by atoms with Crippen LogP contribution in [0.15, 0.2) is 164 Å². The molecule has 11 aromatic rings. The minimum absolute atomic E-state index is 0.648. The van der Waals surface area contributed by atoms with Gasteiger partial charge in [-0.1, -0.05) is 127 Å². The number of nitrogens with zero attached hydrogens (tertiary/aromatic N) is 5. The van der Waals surface area contributed by atoms with Crippen molar-refractivity contribution in [1.29, 1.82) is 0 Å². The highest BCUT2D eigenvalue weighted by Gasteiger charge is 2.24. The molecule has 0 unspecified atom stereocenters. The van der Waals surface area contributed by atoms with Crippen LogP contribution in [0.2, 0.25) is 0 Å². The Morgan fingerprint density at radius 1 is 0.388 bits per heavy atom. The van der Waals surface area contributed by atoms with Crippen LogP contribution in [0.25, 0.3) is 94.1 Å². The van der Waals surface area contributed by atoms with Gasteiger partial charge in [0.1, 0.15) is 5.65 Å². The third-order valence-electron chi connectivity index (χ3n) is 10.0. The first-order valence-electron chi connectivity index (χ1n) is 16.6. The van der Waals surface area contributed by atoms with Gasteiger partial charge in [0.2, 0.25) is 5.95 Å². The summed E-state index contributed by atoms with van der Waals surface area (Å²) in [6.07, 6.45) is 0. The Hall–Kier alpha value is -6.72. The molecule has 0 radical (unpaired) electrons. The van der Waals surface area contributed by atoms with E-state index in [1.165, 1.54) is 32.9 Å². The fourth-order valence-corrected chi connectivity index (χ4v) is 7.84. The first-order valence-corrected chi connectivity index (χ1v) is 16.6. The van der Waals surface area contributed by atoms with Crippen molar-refractivity contribution < 1.29 is 0 Å². The predicted molar refractivity (Wildman–Crippen MR) is 202 cm³/mol. The van der Waals surface area contributed by atoms with Crippen LogP contribution in [-0.2, 0) is 0 Å². The lowest BCUT2D eigenvalue weighted by Crippen LogP contribution is -2.05. The Bertz CT molecular complexity index is 3090. The first kappa shape index (κ1) is 26.4. The van der Waals surface area contributed by atoms with E-state index in [1.54, 1.807) is 0 Å². The number of fused-ring (bicyclic) bond motifs is 13. The normalized spacial score (nSPS) is 12.1.